The van der Waals surface area contributed by atoms with Gasteiger partial charge in [0.15, 0.2) is 0 Å². The number of rotatable bonds is 7. The van der Waals surface area contributed by atoms with Crippen molar-refractivity contribution in [3.63, 3.8) is 0 Å². The Morgan fingerprint density at radius 3 is 2.46 bits per heavy atom. The quantitative estimate of drug-likeness (QED) is 0.543. The topological polar surface area (TPSA) is 60.1 Å². The minimum atomic E-state index is -0.228. The summed E-state index contributed by atoms with van der Waals surface area (Å²) in [7, 11) is 0. The molecule has 0 bridgehead atoms. The lowest BCUT2D eigenvalue weighted by Gasteiger charge is -2.39. The van der Waals surface area contributed by atoms with Gasteiger partial charge >= 0.3 is 0 Å². The fourth-order valence-electron chi connectivity index (χ4n) is 4.71. The lowest BCUT2D eigenvalue weighted by atomic mass is 10.0. The minimum Gasteiger partial charge on any atom is -0.369 e. The van der Waals surface area contributed by atoms with Crippen LogP contribution in [0.1, 0.15) is 29.5 Å². The van der Waals surface area contributed by atoms with Crippen molar-refractivity contribution in [2.24, 2.45) is 0 Å². The zero-order valence-electron chi connectivity index (χ0n) is 19.6. The first-order chi connectivity index (χ1) is 17.1. The second-order valence-corrected chi connectivity index (χ2v) is 9.18. The van der Waals surface area contributed by atoms with Crippen LogP contribution in [0.3, 0.4) is 0 Å². The van der Waals surface area contributed by atoms with Crippen molar-refractivity contribution < 1.29 is 4.39 Å². The summed E-state index contributed by atoms with van der Waals surface area (Å²) in [6.45, 7) is 4.59. The van der Waals surface area contributed by atoms with Crippen LogP contribution in [0.4, 0.5) is 10.1 Å². The van der Waals surface area contributed by atoms with Gasteiger partial charge in [-0.25, -0.2) is 4.39 Å². The van der Waals surface area contributed by atoms with Crippen LogP contribution in [-0.2, 0) is 13.1 Å². The molecule has 0 aliphatic carbocycles. The average molecular weight is 469 g/mol. The number of likely N-dealkylation sites (tertiary alicyclic amines) is 1. The van der Waals surface area contributed by atoms with Gasteiger partial charge in [-0.2, -0.15) is 10.4 Å². The molecule has 1 fully saturated rings. The van der Waals surface area contributed by atoms with E-state index in [0.29, 0.717) is 18.2 Å². The van der Waals surface area contributed by atoms with E-state index in [-0.39, 0.29) is 5.82 Å². The van der Waals surface area contributed by atoms with E-state index < -0.39 is 0 Å². The number of aromatic nitrogens is 2. The molecule has 2 aliphatic rings. The second-order valence-electron chi connectivity index (χ2n) is 9.18. The average Bonchev–Trinajstić information content (AvgIpc) is 3.33. The van der Waals surface area contributed by atoms with E-state index in [1.54, 1.807) is 12.1 Å². The van der Waals surface area contributed by atoms with Crippen molar-refractivity contribution in [1.29, 1.82) is 5.26 Å². The molecule has 1 saturated heterocycles. The first-order valence-corrected chi connectivity index (χ1v) is 12.0. The fourth-order valence-corrected chi connectivity index (χ4v) is 4.71. The molecule has 3 heterocycles. The number of anilines is 1. The fraction of sp³-hybridized carbons (Fsp3) is 0.286. The highest BCUT2D eigenvalue weighted by Gasteiger charge is 2.24. The van der Waals surface area contributed by atoms with Gasteiger partial charge in [0.1, 0.15) is 5.82 Å². The lowest BCUT2D eigenvalue weighted by molar-refractivity contribution is 0.142. The minimum absolute atomic E-state index is 0.228. The van der Waals surface area contributed by atoms with Crippen LogP contribution < -0.4 is 5.32 Å². The second kappa shape index (κ2) is 10.6. The monoisotopic (exact) mass is 468 g/mol. The Balaban J connectivity index is 1.13. The summed E-state index contributed by atoms with van der Waals surface area (Å²) in [6.07, 6.45) is 12.6. The molecule has 0 atom stereocenters. The van der Waals surface area contributed by atoms with Crippen LogP contribution in [-0.4, -0.2) is 45.3 Å². The molecule has 1 N–H and O–H groups in total. The number of nitrogens with one attached hydrogen (secondary N) is 1. The number of hydrogen-bond donors (Lipinski definition) is 1. The van der Waals surface area contributed by atoms with E-state index in [0.717, 1.165) is 56.0 Å². The predicted octanol–water partition coefficient (Wildman–Crippen LogP) is 4.73. The van der Waals surface area contributed by atoms with Crippen molar-refractivity contribution in [3.8, 4) is 6.07 Å². The Labute approximate surface area is 205 Å². The zero-order chi connectivity index (χ0) is 24.0. The van der Waals surface area contributed by atoms with Gasteiger partial charge in [-0.15, -0.1) is 0 Å². The standard InChI is InChI=1S/C28H29FN6/c29-25-9-7-24(8-10-25)19-35-21-27(17-31-35)32-26-2-1-13-34(20-26)28-11-14-33(15-12-28)18-23-5-3-22(16-30)4-6-23/h1-10,17,20-21,28,32H,11-15,18-19H2. The Morgan fingerprint density at radius 1 is 1.00 bits per heavy atom. The normalized spacial score (nSPS) is 16.7. The Bertz CT molecular complexity index is 1230. The molecule has 7 heteroatoms. The van der Waals surface area contributed by atoms with E-state index in [1.165, 1.54) is 17.7 Å². The molecule has 0 saturated carbocycles. The van der Waals surface area contributed by atoms with Gasteiger partial charge in [0.2, 0.25) is 0 Å². The maximum absolute atomic E-state index is 13.1. The third-order valence-corrected chi connectivity index (χ3v) is 6.61. The Kier molecular flexibility index (Phi) is 6.92. The predicted molar refractivity (Wildman–Crippen MR) is 135 cm³/mol. The highest BCUT2D eigenvalue weighted by atomic mass is 19.1. The van der Waals surface area contributed by atoms with E-state index >= 15 is 0 Å². The summed E-state index contributed by atoms with van der Waals surface area (Å²) in [5.41, 5.74) is 4.96. The van der Waals surface area contributed by atoms with E-state index in [9.17, 15) is 4.39 Å². The highest BCUT2D eigenvalue weighted by molar-refractivity contribution is 5.48. The van der Waals surface area contributed by atoms with Crippen LogP contribution >= 0.6 is 0 Å². The van der Waals surface area contributed by atoms with Crippen molar-refractivity contribution in [1.82, 2.24) is 19.6 Å². The van der Waals surface area contributed by atoms with Gasteiger partial charge in [-0.3, -0.25) is 9.58 Å². The summed E-state index contributed by atoms with van der Waals surface area (Å²) in [6, 6.07) is 17.1. The van der Waals surface area contributed by atoms with Crippen LogP contribution in [0.5, 0.6) is 0 Å². The zero-order valence-corrected chi connectivity index (χ0v) is 19.6. The molecule has 0 spiro atoms. The number of allylic oxidation sites excluding steroid dienone is 1. The molecule has 0 radical (unpaired) electrons. The van der Waals surface area contributed by atoms with Crippen molar-refractivity contribution in [2.45, 2.75) is 32.0 Å². The summed E-state index contributed by atoms with van der Waals surface area (Å²) in [5.74, 6) is -0.228. The molecule has 6 nitrogen and oxygen atoms in total. The molecular formula is C28H29FN6. The van der Waals surface area contributed by atoms with Crippen molar-refractivity contribution >= 4 is 5.69 Å². The van der Waals surface area contributed by atoms with Gasteiger partial charge in [-0.1, -0.05) is 30.3 Å². The third kappa shape index (κ3) is 5.97. The summed E-state index contributed by atoms with van der Waals surface area (Å²) in [4.78, 5) is 4.93. The highest BCUT2D eigenvalue weighted by Crippen LogP contribution is 2.22. The number of piperidine rings is 1. The van der Waals surface area contributed by atoms with Gasteiger partial charge in [0.05, 0.1) is 35.8 Å². The van der Waals surface area contributed by atoms with Gasteiger partial charge < -0.3 is 10.2 Å². The molecule has 5 rings (SSSR count). The SMILES string of the molecule is N#Cc1ccc(CN2CCC(N3C=C(Nc4cnn(Cc5ccc(F)cc5)c4)C=CC3)CC2)cc1. The van der Waals surface area contributed by atoms with E-state index in [4.69, 9.17) is 5.26 Å². The van der Waals surface area contributed by atoms with Crippen LogP contribution in [0, 0.1) is 17.1 Å². The molecule has 2 aliphatic heterocycles. The lowest BCUT2D eigenvalue weighted by Crippen LogP contribution is -2.43. The molecule has 0 amide bonds. The Morgan fingerprint density at radius 2 is 1.71 bits per heavy atom. The number of halogens is 1. The van der Waals surface area contributed by atoms with Gasteiger partial charge in [0.25, 0.3) is 0 Å². The number of benzene rings is 2. The Hall–Kier alpha value is -3.89. The molecule has 0 unspecified atom stereocenters. The molecule has 35 heavy (non-hydrogen) atoms. The largest absolute Gasteiger partial charge is 0.369 e. The van der Waals surface area contributed by atoms with E-state index in [1.807, 2.05) is 29.2 Å². The molecule has 178 valence electrons. The number of nitrogens with zero attached hydrogens (tertiary/aromatic N) is 5. The molecule has 3 aromatic rings. The van der Waals surface area contributed by atoms with Crippen LogP contribution in [0.25, 0.3) is 0 Å². The summed E-state index contributed by atoms with van der Waals surface area (Å²) in [5, 5.41) is 16.9. The summed E-state index contributed by atoms with van der Waals surface area (Å²) < 4.78 is 15.0. The first-order valence-electron chi connectivity index (χ1n) is 12.0. The van der Waals surface area contributed by atoms with Gasteiger partial charge in [-0.05, 0) is 54.3 Å². The smallest absolute Gasteiger partial charge is 0.123 e. The maximum Gasteiger partial charge on any atom is 0.123 e. The van der Waals surface area contributed by atoms with Crippen LogP contribution in [0.2, 0.25) is 0 Å². The van der Waals surface area contributed by atoms with Crippen molar-refractivity contribution in [2.75, 3.05) is 25.0 Å². The first kappa shape index (κ1) is 22.9. The van der Waals surface area contributed by atoms with Crippen LogP contribution in [0.15, 0.2) is 85.0 Å². The maximum atomic E-state index is 13.1. The van der Waals surface area contributed by atoms with Gasteiger partial charge in [0, 0.05) is 44.6 Å². The summed E-state index contributed by atoms with van der Waals surface area (Å²) >= 11 is 0. The molecular weight excluding hydrogens is 439 g/mol. The molecule has 2 aromatic carbocycles. The number of hydrogen-bond acceptors (Lipinski definition) is 5. The number of nitriles is 1. The van der Waals surface area contributed by atoms with Crippen molar-refractivity contribution in [3.05, 3.63) is 107 Å². The van der Waals surface area contributed by atoms with E-state index in [2.05, 4.69) is 56.8 Å². The third-order valence-electron chi connectivity index (χ3n) is 6.61. The molecule has 1 aromatic heterocycles.